The van der Waals surface area contributed by atoms with E-state index >= 15 is 0 Å². The molecule has 1 saturated heterocycles. The Morgan fingerprint density at radius 3 is 2.60 bits per heavy atom. The standard InChI is InChI=1S/C16H20O9/c1-6-4-7-8(18)2-3-9(11(7)15(22)23-6)24-16-14(21)13(20)12(19)10(5-17)25-16/h2-3,6,10,12-14,16-21H,4-5H2,1H3/t6-,10-,12-,13+,14-,16-/m1/s1. The number of esters is 1. The molecular formula is C16H20O9. The van der Waals surface area contributed by atoms with Gasteiger partial charge < -0.3 is 39.7 Å². The number of benzene rings is 1. The Kier molecular flexibility index (Phi) is 4.85. The van der Waals surface area contributed by atoms with Crippen molar-refractivity contribution in [3.8, 4) is 11.5 Å². The van der Waals surface area contributed by atoms with Crippen molar-refractivity contribution in [1.82, 2.24) is 0 Å². The van der Waals surface area contributed by atoms with Gasteiger partial charge >= 0.3 is 5.97 Å². The first-order chi connectivity index (χ1) is 11.8. The highest BCUT2D eigenvalue weighted by atomic mass is 16.7. The predicted molar refractivity (Wildman–Crippen MR) is 81.1 cm³/mol. The second-order valence-corrected chi connectivity index (χ2v) is 6.17. The van der Waals surface area contributed by atoms with Gasteiger partial charge in [-0.05, 0) is 19.1 Å². The van der Waals surface area contributed by atoms with Crippen LogP contribution < -0.4 is 4.74 Å². The topological polar surface area (TPSA) is 146 Å². The van der Waals surface area contributed by atoms with Gasteiger partial charge in [-0.2, -0.15) is 0 Å². The molecule has 2 heterocycles. The van der Waals surface area contributed by atoms with Gasteiger partial charge in [-0.1, -0.05) is 0 Å². The first-order valence-corrected chi connectivity index (χ1v) is 7.86. The van der Waals surface area contributed by atoms with Gasteiger partial charge in [0.25, 0.3) is 0 Å². The number of carbonyl (C=O) groups is 1. The third-order valence-electron chi connectivity index (χ3n) is 4.35. The Morgan fingerprint density at radius 2 is 1.92 bits per heavy atom. The van der Waals surface area contributed by atoms with E-state index in [4.69, 9.17) is 14.2 Å². The zero-order valence-electron chi connectivity index (χ0n) is 13.4. The molecule has 0 aromatic heterocycles. The number of hydrogen-bond acceptors (Lipinski definition) is 9. The molecule has 0 aliphatic carbocycles. The quantitative estimate of drug-likeness (QED) is 0.416. The number of aliphatic hydroxyl groups is 4. The highest BCUT2D eigenvalue weighted by Gasteiger charge is 2.45. The third-order valence-corrected chi connectivity index (χ3v) is 4.35. The monoisotopic (exact) mass is 356 g/mol. The van der Waals surface area contributed by atoms with Gasteiger partial charge in [0.2, 0.25) is 6.29 Å². The molecule has 0 spiro atoms. The number of hydrogen-bond donors (Lipinski definition) is 5. The van der Waals surface area contributed by atoms with Gasteiger partial charge in [0.15, 0.2) is 0 Å². The van der Waals surface area contributed by atoms with Crippen LogP contribution in [-0.4, -0.2) is 74.9 Å². The summed E-state index contributed by atoms with van der Waals surface area (Å²) >= 11 is 0. The average molecular weight is 356 g/mol. The largest absolute Gasteiger partial charge is 0.508 e. The maximum Gasteiger partial charge on any atom is 0.342 e. The van der Waals surface area contributed by atoms with Crippen molar-refractivity contribution in [1.29, 1.82) is 0 Å². The van der Waals surface area contributed by atoms with Gasteiger partial charge in [-0.25, -0.2) is 4.79 Å². The Labute approximate surface area is 143 Å². The van der Waals surface area contributed by atoms with Gasteiger partial charge in [0, 0.05) is 12.0 Å². The SMILES string of the molecule is C[C@@H]1Cc2c(O)ccc(O[C@@H]3O[C@H](CO)[C@@H](O)[C@H](O)[C@H]3O)c2C(=O)O1. The van der Waals surface area contributed by atoms with Crippen LogP contribution in [0.1, 0.15) is 22.8 Å². The summed E-state index contributed by atoms with van der Waals surface area (Å²) in [7, 11) is 0. The number of fused-ring (bicyclic) bond motifs is 1. The van der Waals surface area contributed by atoms with Crippen LogP contribution in [0.25, 0.3) is 0 Å². The van der Waals surface area contributed by atoms with Gasteiger partial charge in [0.1, 0.15) is 47.6 Å². The second-order valence-electron chi connectivity index (χ2n) is 6.17. The summed E-state index contributed by atoms with van der Waals surface area (Å²) in [6.07, 6.45) is -7.41. The molecule has 9 nitrogen and oxygen atoms in total. The number of aliphatic hydroxyl groups excluding tert-OH is 4. The molecule has 25 heavy (non-hydrogen) atoms. The Hall–Kier alpha value is -1.91. The summed E-state index contributed by atoms with van der Waals surface area (Å²) in [5.74, 6) is -0.780. The molecule has 138 valence electrons. The van der Waals surface area contributed by atoms with E-state index in [-0.39, 0.29) is 17.1 Å². The number of carbonyl (C=O) groups excluding carboxylic acids is 1. The Balaban J connectivity index is 1.91. The minimum atomic E-state index is -1.61. The van der Waals surface area contributed by atoms with Crippen LogP contribution in [0.15, 0.2) is 12.1 Å². The Bertz CT molecular complexity index is 659. The van der Waals surface area contributed by atoms with Crippen molar-refractivity contribution in [3.63, 3.8) is 0 Å². The average Bonchev–Trinajstić information content (AvgIpc) is 2.57. The fourth-order valence-corrected chi connectivity index (χ4v) is 3.00. The first-order valence-electron chi connectivity index (χ1n) is 7.86. The van der Waals surface area contributed by atoms with E-state index in [9.17, 15) is 30.3 Å². The molecule has 6 atom stereocenters. The molecule has 3 rings (SSSR count). The number of phenolic OH excluding ortho intramolecular Hbond substituents is 1. The lowest BCUT2D eigenvalue weighted by Gasteiger charge is -2.39. The summed E-state index contributed by atoms with van der Waals surface area (Å²) in [5.41, 5.74) is 0.362. The molecule has 2 aliphatic rings. The summed E-state index contributed by atoms with van der Waals surface area (Å²) in [5, 5.41) is 48.8. The Morgan fingerprint density at radius 1 is 1.20 bits per heavy atom. The molecule has 1 aromatic rings. The van der Waals surface area contributed by atoms with E-state index in [0.717, 1.165) is 0 Å². The molecule has 1 fully saturated rings. The number of aromatic hydroxyl groups is 1. The second kappa shape index (κ2) is 6.77. The van der Waals surface area contributed by atoms with E-state index in [1.165, 1.54) is 12.1 Å². The maximum absolute atomic E-state index is 12.2. The molecule has 0 radical (unpaired) electrons. The van der Waals surface area contributed by atoms with Crippen molar-refractivity contribution >= 4 is 5.97 Å². The zero-order chi connectivity index (χ0) is 18.3. The molecule has 0 amide bonds. The summed E-state index contributed by atoms with van der Waals surface area (Å²) in [6.45, 7) is 1.09. The molecule has 0 unspecified atom stereocenters. The molecule has 0 bridgehead atoms. The maximum atomic E-state index is 12.2. The number of phenols is 1. The zero-order valence-corrected chi connectivity index (χ0v) is 13.4. The normalized spacial score (nSPS) is 35.0. The van der Waals surface area contributed by atoms with Crippen LogP contribution in [0.3, 0.4) is 0 Å². The number of cyclic esters (lactones) is 1. The highest BCUT2D eigenvalue weighted by Crippen LogP contribution is 2.36. The molecule has 5 N–H and O–H groups in total. The fourth-order valence-electron chi connectivity index (χ4n) is 3.00. The molecular weight excluding hydrogens is 336 g/mol. The van der Waals surface area contributed by atoms with Crippen LogP contribution in [-0.2, 0) is 15.9 Å². The molecule has 0 saturated carbocycles. The highest BCUT2D eigenvalue weighted by molar-refractivity contribution is 5.96. The molecule has 9 heteroatoms. The minimum absolute atomic E-state index is 0.00553. The summed E-state index contributed by atoms with van der Waals surface area (Å²) < 4.78 is 15.9. The van der Waals surface area contributed by atoms with Crippen LogP contribution in [0.2, 0.25) is 0 Å². The van der Waals surface area contributed by atoms with E-state index in [1.54, 1.807) is 6.92 Å². The summed E-state index contributed by atoms with van der Waals surface area (Å²) in [4.78, 5) is 12.2. The van der Waals surface area contributed by atoms with Gasteiger partial charge in [-0.3, -0.25) is 0 Å². The van der Waals surface area contributed by atoms with Crippen LogP contribution >= 0.6 is 0 Å². The van der Waals surface area contributed by atoms with Crippen LogP contribution in [0.4, 0.5) is 0 Å². The lowest BCUT2D eigenvalue weighted by molar-refractivity contribution is -0.277. The predicted octanol–water partition coefficient (Wildman–Crippen LogP) is -1.33. The van der Waals surface area contributed by atoms with Gasteiger partial charge in [0.05, 0.1) is 6.61 Å². The van der Waals surface area contributed by atoms with Crippen LogP contribution in [0.5, 0.6) is 11.5 Å². The molecule has 1 aromatic carbocycles. The van der Waals surface area contributed by atoms with E-state index < -0.39 is 49.4 Å². The van der Waals surface area contributed by atoms with E-state index in [1.807, 2.05) is 0 Å². The van der Waals surface area contributed by atoms with Crippen molar-refractivity contribution < 1.29 is 44.5 Å². The lowest BCUT2D eigenvalue weighted by Crippen LogP contribution is -2.60. The molecule has 2 aliphatic heterocycles. The number of rotatable bonds is 3. The van der Waals surface area contributed by atoms with Crippen molar-refractivity contribution in [2.75, 3.05) is 6.61 Å². The van der Waals surface area contributed by atoms with E-state index in [2.05, 4.69) is 0 Å². The van der Waals surface area contributed by atoms with Crippen molar-refractivity contribution in [3.05, 3.63) is 23.3 Å². The number of ether oxygens (including phenoxy) is 3. The summed E-state index contributed by atoms with van der Waals surface area (Å²) in [6, 6.07) is 2.65. The van der Waals surface area contributed by atoms with Gasteiger partial charge in [-0.15, -0.1) is 0 Å². The van der Waals surface area contributed by atoms with E-state index in [0.29, 0.717) is 12.0 Å². The van der Waals surface area contributed by atoms with Crippen molar-refractivity contribution in [2.24, 2.45) is 0 Å². The fraction of sp³-hybridized carbons (Fsp3) is 0.562. The third kappa shape index (κ3) is 3.16. The lowest BCUT2D eigenvalue weighted by atomic mass is 9.96. The smallest absolute Gasteiger partial charge is 0.342 e. The van der Waals surface area contributed by atoms with Crippen molar-refractivity contribution in [2.45, 2.75) is 50.2 Å². The minimum Gasteiger partial charge on any atom is -0.508 e. The van der Waals surface area contributed by atoms with Crippen LogP contribution in [0, 0.1) is 0 Å². The first kappa shape index (κ1) is 17.9.